The van der Waals surface area contributed by atoms with Gasteiger partial charge in [-0.15, -0.1) is 0 Å². The maximum Gasteiger partial charge on any atom is 0.416 e. The zero-order chi connectivity index (χ0) is 21.9. The Balaban J connectivity index is 1.60. The first-order chi connectivity index (χ1) is 14.2. The molecule has 0 aliphatic carbocycles. The van der Waals surface area contributed by atoms with Gasteiger partial charge in [0.15, 0.2) is 6.04 Å². The minimum atomic E-state index is -4.35. The molecule has 2 aromatic carbocycles. The van der Waals surface area contributed by atoms with Gasteiger partial charge < -0.3 is 15.1 Å². The number of carbonyl (C=O) groups excluding carboxylic acids is 1. The van der Waals surface area contributed by atoms with Crippen molar-refractivity contribution in [3.63, 3.8) is 0 Å². The molecule has 0 spiro atoms. The van der Waals surface area contributed by atoms with Gasteiger partial charge in [0.2, 0.25) is 0 Å². The molecular weight excluding hydrogens is 391 g/mol. The molecule has 1 saturated heterocycles. The van der Waals surface area contributed by atoms with Gasteiger partial charge in [-0.1, -0.05) is 38.1 Å². The van der Waals surface area contributed by atoms with E-state index < -0.39 is 11.7 Å². The number of piperazine rings is 1. The minimum Gasteiger partial charge on any atom is -0.360 e. The van der Waals surface area contributed by atoms with E-state index in [1.165, 1.54) is 12.1 Å². The molecule has 1 atom stereocenters. The first-order valence-electron chi connectivity index (χ1n) is 10.3. The molecule has 30 heavy (non-hydrogen) atoms. The molecule has 0 saturated carbocycles. The third-order valence-electron chi connectivity index (χ3n) is 5.79. The quantitative estimate of drug-likeness (QED) is 0.776. The number of rotatable bonds is 5. The summed E-state index contributed by atoms with van der Waals surface area (Å²) in [6, 6.07) is 13.0. The molecule has 7 heteroatoms. The molecule has 1 aliphatic heterocycles. The number of para-hydroxylation sites is 1. The molecule has 2 N–H and O–H groups in total. The van der Waals surface area contributed by atoms with Gasteiger partial charge in [0, 0.05) is 11.4 Å². The van der Waals surface area contributed by atoms with Crippen molar-refractivity contribution in [3.05, 3.63) is 59.7 Å². The van der Waals surface area contributed by atoms with Crippen molar-refractivity contribution in [1.82, 2.24) is 0 Å². The van der Waals surface area contributed by atoms with Crippen LogP contribution in [-0.4, -0.2) is 38.1 Å². The first kappa shape index (κ1) is 22.2. The Hall–Kier alpha value is -2.54. The highest BCUT2D eigenvalue weighted by molar-refractivity contribution is 5.94. The molecule has 0 bridgehead atoms. The lowest BCUT2D eigenvalue weighted by Gasteiger charge is -2.36. The molecule has 162 valence electrons. The average Bonchev–Trinajstić information content (AvgIpc) is 2.73. The summed E-state index contributed by atoms with van der Waals surface area (Å²) in [6.07, 6.45) is -4.35. The summed E-state index contributed by atoms with van der Waals surface area (Å²) in [5.41, 5.74) is 1.88. The smallest absolute Gasteiger partial charge is 0.360 e. The second-order valence-electron chi connectivity index (χ2n) is 8.15. The third kappa shape index (κ3) is 5.14. The lowest BCUT2D eigenvalue weighted by Crippen LogP contribution is -3.19. The Bertz CT molecular complexity index is 874. The van der Waals surface area contributed by atoms with Crippen LogP contribution in [0.3, 0.4) is 0 Å². The zero-order valence-corrected chi connectivity index (χ0v) is 17.6. The minimum absolute atomic E-state index is 0.0365. The van der Waals surface area contributed by atoms with Gasteiger partial charge in [-0.2, -0.15) is 13.2 Å². The lowest BCUT2D eigenvalue weighted by atomic mass is 10.0. The van der Waals surface area contributed by atoms with Gasteiger partial charge in [0.1, 0.15) is 0 Å². The van der Waals surface area contributed by atoms with Crippen molar-refractivity contribution in [3.8, 4) is 0 Å². The van der Waals surface area contributed by atoms with Crippen LogP contribution in [0.2, 0.25) is 0 Å². The van der Waals surface area contributed by atoms with E-state index in [1.54, 1.807) is 6.07 Å². The Labute approximate surface area is 175 Å². The number of hydrogen-bond donors (Lipinski definition) is 2. The number of alkyl halides is 3. The van der Waals surface area contributed by atoms with E-state index >= 15 is 0 Å². The molecule has 1 heterocycles. The van der Waals surface area contributed by atoms with Gasteiger partial charge in [-0.25, -0.2) is 0 Å². The Kier molecular flexibility index (Phi) is 6.71. The summed E-state index contributed by atoms with van der Waals surface area (Å²) >= 11 is 0. The fourth-order valence-corrected chi connectivity index (χ4v) is 3.90. The second kappa shape index (κ2) is 9.08. The van der Waals surface area contributed by atoms with Gasteiger partial charge in [0.05, 0.1) is 31.7 Å². The predicted octanol–water partition coefficient (Wildman–Crippen LogP) is 3.56. The van der Waals surface area contributed by atoms with Gasteiger partial charge in [-0.05, 0) is 42.7 Å². The average molecular weight is 420 g/mol. The van der Waals surface area contributed by atoms with Crippen molar-refractivity contribution < 1.29 is 22.9 Å². The van der Waals surface area contributed by atoms with E-state index in [2.05, 4.69) is 19.2 Å². The summed E-state index contributed by atoms with van der Waals surface area (Å²) in [4.78, 5) is 15.9. The Morgan fingerprint density at radius 3 is 2.33 bits per heavy atom. The fourth-order valence-electron chi connectivity index (χ4n) is 3.90. The van der Waals surface area contributed by atoms with Gasteiger partial charge in [-0.3, -0.25) is 4.79 Å². The topological polar surface area (TPSA) is 36.8 Å². The molecule has 0 radical (unpaired) electrons. The number of carbonyl (C=O) groups is 1. The number of nitrogens with zero attached hydrogens (tertiary/aromatic N) is 1. The van der Waals surface area contributed by atoms with Crippen molar-refractivity contribution in [2.75, 3.05) is 36.4 Å². The highest BCUT2D eigenvalue weighted by Crippen LogP contribution is 2.31. The summed E-state index contributed by atoms with van der Waals surface area (Å²) < 4.78 is 38.9. The van der Waals surface area contributed by atoms with E-state index in [0.717, 1.165) is 22.2 Å². The third-order valence-corrected chi connectivity index (χ3v) is 5.79. The van der Waals surface area contributed by atoms with Crippen LogP contribution in [0.5, 0.6) is 0 Å². The zero-order valence-electron chi connectivity index (χ0n) is 17.6. The van der Waals surface area contributed by atoms with Crippen LogP contribution < -0.4 is 15.1 Å². The number of hydrogen-bond acceptors (Lipinski definition) is 2. The lowest BCUT2D eigenvalue weighted by molar-refractivity contribution is -0.914. The number of anilines is 2. The standard InChI is InChI=1S/C23H28F3N3O/c1-16(2)20-9-4-5-10-21(20)27-22(30)17(3)28-11-13-29(14-12-28)19-8-6-7-18(15-19)23(24,25)26/h4-10,15-17H,11-14H2,1-3H3,(H,27,30)/p+1/t17-/m0/s1. The maximum absolute atomic E-state index is 13.0. The summed E-state index contributed by atoms with van der Waals surface area (Å²) in [5.74, 6) is 0.269. The van der Waals surface area contributed by atoms with Crippen LogP contribution in [0.4, 0.5) is 24.5 Å². The normalized spacial score (nSPS) is 16.6. The van der Waals surface area contributed by atoms with Crippen molar-refractivity contribution in [2.24, 2.45) is 0 Å². The highest BCUT2D eigenvalue weighted by atomic mass is 19.4. The highest BCUT2D eigenvalue weighted by Gasteiger charge is 2.32. The number of halogens is 3. The van der Waals surface area contributed by atoms with E-state index in [9.17, 15) is 18.0 Å². The molecule has 2 aromatic rings. The van der Waals surface area contributed by atoms with E-state index in [-0.39, 0.29) is 11.9 Å². The Morgan fingerprint density at radius 1 is 1.03 bits per heavy atom. The molecule has 4 nitrogen and oxygen atoms in total. The molecular formula is C23H29F3N3O+. The summed E-state index contributed by atoms with van der Waals surface area (Å²) in [6.45, 7) is 8.68. The van der Waals surface area contributed by atoms with Crippen molar-refractivity contribution in [1.29, 1.82) is 0 Å². The van der Waals surface area contributed by atoms with Gasteiger partial charge >= 0.3 is 6.18 Å². The number of nitrogens with one attached hydrogen (secondary N) is 2. The largest absolute Gasteiger partial charge is 0.416 e. The molecule has 1 fully saturated rings. The second-order valence-corrected chi connectivity index (χ2v) is 8.15. The summed E-state index contributed by atoms with van der Waals surface area (Å²) in [5, 5.41) is 3.06. The van der Waals surface area contributed by atoms with E-state index in [4.69, 9.17) is 0 Å². The number of benzene rings is 2. The van der Waals surface area contributed by atoms with Crippen molar-refractivity contribution in [2.45, 2.75) is 38.9 Å². The molecule has 0 aromatic heterocycles. The monoisotopic (exact) mass is 420 g/mol. The number of amides is 1. The van der Waals surface area contributed by atoms with Crippen LogP contribution in [0, 0.1) is 0 Å². The molecule has 0 unspecified atom stereocenters. The van der Waals surface area contributed by atoms with Crippen LogP contribution >= 0.6 is 0 Å². The SMILES string of the molecule is CC(C)c1ccccc1NC(=O)[C@H](C)[NH+]1CCN(c2cccc(C(F)(F)F)c2)CC1. The van der Waals surface area contributed by atoms with Crippen LogP contribution in [-0.2, 0) is 11.0 Å². The fraction of sp³-hybridized carbons (Fsp3) is 0.435. The van der Waals surface area contributed by atoms with Crippen molar-refractivity contribution >= 4 is 17.3 Å². The Morgan fingerprint density at radius 2 is 1.70 bits per heavy atom. The van der Waals surface area contributed by atoms with Crippen LogP contribution in [0.25, 0.3) is 0 Å². The molecule has 1 amide bonds. The van der Waals surface area contributed by atoms with Crippen LogP contribution in [0.1, 0.15) is 37.8 Å². The predicted molar refractivity (Wildman–Crippen MR) is 113 cm³/mol. The first-order valence-corrected chi connectivity index (χ1v) is 10.3. The van der Waals surface area contributed by atoms with E-state index in [1.807, 2.05) is 36.1 Å². The number of quaternary nitrogens is 1. The van der Waals surface area contributed by atoms with Gasteiger partial charge in [0.25, 0.3) is 5.91 Å². The van der Waals surface area contributed by atoms with E-state index in [0.29, 0.717) is 37.8 Å². The summed E-state index contributed by atoms with van der Waals surface area (Å²) in [7, 11) is 0. The molecule has 1 aliphatic rings. The van der Waals surface area contributed by atoms with Crippen LogP contribution in [0.15, 0.2) is 48.5 Å². The maximum atomic E-state index is 13.0. The molecule has 3 rings (SSSR count).